The van der Waals surface area contributed by atoms with E-state index in [0.29, 0.717) is 0 Å². The highest BCUT2D eigenvalue weighted by Crippen LogP contribution is 2.25. The van der Waals surface area contributed by atoms with Crippen LogP contribution in [0.5, 0.6) is 0 Å². The maximum Gasteiger partial charge on any atom is 0.180 e. The van der Waals surface area contributed by atoms with Gasteiger partial charge in [-0.05, 0) is 18.2 Å². The molecular formula is C20H20N6O. The van der Waals surface area contributed by atoms with Crippen LogP contribution in [0.3, 0.4) is 0 Å². The monoisotopic (exact) mass is 360 g/mol. The van der Waals surface area contributed by atoms with E-state index < -0.39 is 0 Å². The lowest BCUT2D eigenvalue weighted by atomic mass is 10.2. The quantitative estimate of drug-likeness (QED) is 0.558. The maximum absolute atomic E-state index is 5.17. The molecule has 27 heavy (non-hydrogen) atoms. The third-order valence-corrected chi connectivity index (χ3v) is 5.04. The van der Waals surface area contributed by atoms with Crippen molar-refractivity contribution in [1.29, 1.82) is 0 Å². The molecule has 136 valence electrons. The zero-order chi connectivity index (χ0) is 18.1. The third-order valence-electron chi connectivity index (χ3n) is 5.04. The molecule has 0 N–H and O–H groups in total. The summed E-state index contributed by atoms with van der Waals surface area (Å²) in [4.78, 5) is 18.2. The van der Waals surface area contributed by atoms with E-state index in [2.05, 4.69) is 29.2 Å². The van der Waals surface area contributed by atoms with Crippen LogP contribution in [-0.4, -0.2) is 50.4 Å². The Morgan fingerprint density at radius 3 is 2.59 bits per heavy atom. The van der Waals surface area contributed by atoms with E-state index in [0.717, 1.165) is 55.4 Å². The molecule has 0 unspecified atom stereocenters. The number of piperazine rings is 1. The van der Waals surface area contributed by atoms with E-state index in [1.165, 1.54) is 5.56 Å². The molecule has 0 bridgehead atoms. The van der Waals surface area contributed by atoms with Gasteiger partial charge in [0.1, 0.15) is 0 Å². The first-order valence-corrected chi connectivity index (χ1v) is 9.09. The number of furan rings is 1. The van der Waals surface area contributed by atoms with Crippen molar-refractivity contribution in [3.05, 3.63) is 67.3 Å². The van der Waals surface area contributed by atoms with Crippen LogP contribution in [0.25, 0.3) is 16.9 Å². The van der Waals surface area contributed by atoms with Gasteiger partial charge in [0, 0.05) is 68.6 Å². The predicted molar refractivity (Wildman–Crippen MR) is 102 cm³/mol. The fraction of sp³-hybridized carbons (Fsp3) is 0.250. The molecule has 1 saturated heterocycles. The van der Waals surface area contributed by atoms with Gasteiger partial charge in [-0.1, -0.05) is 0 Å². The minimum atomic E-state index is 0.896. The molecule has 4 aromatic heterocycles. The number of aromatic nitrogens is 4. The van der Waals surface area contributed by atoms with Gasteiger partial charge >= 0.3 is 0 Å². The van der Waals surface area contributed by atoms with Gasteiger partial charge in [0.05, 0.1) is 24.4 Å². The van der Waals surface area contributed by atoms with E-state index in [-0.39, 0.29) is 0 Å². The number of fused-ring (bicyclic) bond motifs is 1. The Kier molecular flexibility index (Phi) is 4.06. The van der Waals surface area contributed by atoms with Gasteiger partial charge in [-0.25, -0.2) is 9.97 Å². The second kappa shape index (κ2) is 6.85. The number of nitrogens with zero attached hydrogens (tertiary/aromatic N) is 6. The standard InChI is InChI=1S/C20H20N6O/c1-4-21-5-2-17(1)18-13-23-20-19(22-6-7-26(18)20)25-10-8-24(9-11-25)14-16-3-12-27-15-16/h1-7,12-13,15H,8-11,14H2. The second-order valence-electron chi connectivity index (χ2n) is 6.72. The molecule has 5 heterocycles. The molecule has 7 heteroatoms. The van der Waals surface area contributed by atoms with E-state index in [1.807, 2.05) is 43.1 Å². The zero-order valence-corrected chi connectivity index (χ0v) is 14.9. The smallest absolute Gasteiger partial charge is 0.180 e. The summed E-state index contributed by atoms with van der Waals surface area (Å²) >= 11 is 0. The molecule has 0 amide bonds. The topological polar surface area (TPSA) is 62.7 Å². The lowest BCUT2D eigenvalue weighted by molar-refractivity contribution is 0.249. The molecule has 5 rings (SSSR count). The Balaban J connectivity index is 1.37. The van der Waals surface area contributed by atoms with Crippen molar-refractivity contribution in [3.8, 4) is 11.3 Å². The summed E-state index contributed by atoms with van der Waals surface area (Å²) in [5.74, 6) is 0.945. The predicted octanol–water partition coefficient (Wildman–Crippen LogP) is 2.71. The highest BCUT2D eigenvalue weighted by molar-refractivity contribution is 5.71. The van der Waals surface area contributed by atoms with Gasteiger partial charge in [0.15, 0.2) is 11.5 Å². The van der Waals surface area contributed by atoms with Crippen LogP contribution >= 0.6 is 0 Å². The molecule has 0 spiro atoms. The molecule has 0 aromatic carbocycles. The van der Waals surface area contributed by atoms with Crippen LogP contribution in [0.4, 0.5) is 5.82 Å². The van der Waals surface area contributed by atoms with Crippen LogP contribution in [0.15, 0.2) is 66.1 Å². The molecule has 0 aliphatic carbocycles. The second-order valence-corrected chi connectivity index (χ2v) is 6.72. The van der Waals surface area contributed by atoms with Crippen molar-refractivity contribution in [2.24, 2.45) is 0 Å². The average Bonchev–Trinajstić information content (AvgIpc) is 3.39. The SMILES string of the molecule is c1cc(-c2cnc3c(N4CCN(Cc5ccoc5)CC4)nccn23)ccn1. The highest BCUT2D eigenvalue weighted by Gasteiger charge is 2.21. The van der Waals surface area contributed by atoms with Crippen LogP contribution < -0.4 is 4.90 Å². The number of hydrogen-bond acceptors (Lipinski definition) is 6. The molecule has 7 nitrogen and oxygen atoms in total. The maximum atomic E-state index is 5.17. The highest BCUT2D eigenvalue weighted by atomic mass is 16.3. The summed E-state index contributed by atoms with van der Waals surface area (Å²) in [6.45, 7) is 4.78. The summed E-state index contributed by atoms with van der Waals surface area (Å²) < 4.78 is 7.28. The number of pyridine rings is 1. The van der Waals surface area contributed by atoms with Crippen molar-refractivity contribution in [2.45, 2.75) is 6.54 Å². The van der Waals surface area contributed by atoms with Crippen molar-refractivity contribution >= 4 is 11.5 Å². The van der Waals surface area contributed by atoms with Crippen LogP contribution in [0.2, 0.25) is 0 Å². The average molecular weight is 360 g/mol. The van der Waals surface area contributed by atoms with Crippen LogP contribution in [0, 0.1) is 0 Å². The van der Waals surface area contributed by atoms with Gasteiger partial charge in [-0.15, -0.1) is 0 Å². The molecule has 0 radical (unpaired) electrons. The Bertz CT molecular complexity index is 1020. The minimum Gasteiger partial charge on any atom is -0.472 e. The van der Waals surface area contributed by atoms with Gasteiger partial charge in [-0.2, -0.15) is 0 Å². The summed E-state index contributed by atoms with van der Waals surface area (Å²) in [6, 6.07) is 6.02. The molecular weight excluding hydrogens is 340 g/mol. The van der Waals surface area contributed by atoms with Crippen LogP contribution in [-0.2, 0) is 6.54 Å². The largest absolute Gasteiger partial charge is 0.472 e. The summed E-state index contributed by atoms with van der Waals surface area (Å²) in [5.41, 5.74) is 4.26. The molecule has 0 atom stereocenters. The molecule has 1 fully saturated rings. The Morgan fingerprint density at radius 1 is 0.963 bits per heavy atom. The van der Waals surface area contributed by atoms with Gasteiger partial charge < -0.3 is 9.32 Å². The first-order valence-electron chi connectivity index (χ1n) is 9.09. The van der Waals surface area contributed by atoms with Crippen molar-refractivity contribution in [1.82, 2.24) is 24.3 Å². The summed E-state index contributed by atoms with van der Waals surface area (Å²) in [7, 11) is 0. The Morgan fingerprint density at radius 2 is 1.81 bits per heavy atom. The van der Waals surface area contributed by atoms with Crippen molar-refractivity contribution in [2.75, 3.05) is 31.1 Å². The lowest BCUT2D eigenvalue weighted by Crippen LogP contribution is -2.46. The third kappa shape index (κ3) is 3.06. The van der Waals surface area contributed by atoms with Gasteiger partial charge in [0.25, 0.3) is 0 Å². The number of rotatable bonds is 4. The Hall–Kier alpha value is -3.19. The van der Waals surface area contributed by atoms with Gasteiger partial charge in [0.2, 0.25) is 0 Å². The fourth-order valence-corrected chi connectivity index (χ4v) is 3.62. The van der Waals surface area contributed by atoms with E-state index >= 15 is 0 Å². The number of hydrogen-bond donors (Lipinski definition) is 0. The summed E-state index contributed by atoms with van der Waals surface area (Å²) in [5, 5.41) is 0. The summed E-state index contributed by atoms with van der Waals surface area (Å²) in [6.07, 6.45) is 12.9. The Labute approximate surface area is 156 Å². The van der Waals surface area contributed by atoms with Gasteiger partial charge in [-0.3, -0.25) is 14.3 Å². The van der Waals surface area contributed by atoms with Crippen LogP contribution in [0.1, 0.15) is 5.56 Å². The molecule has 1 aliphatic heterocycles. The normalized spacial score (nSPS) is 15.5. The van der Waals surface area contributed by atoms with E-state index in [9.17, 15) is 0 Å². The molecule has 1 aliphatic rings. The van der Waals surface area contributed by atoms with E-state index in [1.54, 1.807) is 18.7 Å². The van der Waals surface area contributed by atoms with Crippen molar-refractivity contribution in [3.63, 3.8) is 0 Å². The molecule has 0 saturated carbocycles. The number of anilines is 1. The lowest BCUT2D eigenvalue weighted by Gasteiger charge is -2.35. The fourth-order valence-electron chi connectivity index (χ4n) is 3.62. The number of imidazole rings is 1. The molecule has 4 aromatic rings. The first kappa shape index (κ1) is 16.0. The minimum absolute atomic E-state index is 0.896. The van der Waals surface area contributed by atoms with Crippen molar-refractivity contribution < 1.29 is 4.42 Å². The first-order chi connectivity index (χ1) is 13.4. The zero-order valence-electron chi connectivity index (χ0n) is 14.9. The van der Waals surface area contributed by atoms with E-state index in [4.69, 9.17) is 4.42 Å².